The lowest BCUT2D eigenvalue weighted by Crippen LogP contribution is -2.30. The molecule has 2 rings (SSSR count). The number of halogens is 2. The van der Waals surface area contributed by atoms with Gasteiger partial charge in [-0.05, 0) is 36.8 Å². The largest absolute Gasteiger partial charge is 0.467 e. The Bertz CT molecular complexity index is 602. The van der Waals surface area contributed by atoms with E-state index in [-0.39, 0.29) is 6.03 Å². The van der Waals surface area contributed by atoms with Crippen molar-refractivity contribution in [2.45, 2.75) is 12.5 Å². The summed E-state index contributed by atoms with van der Waals surface area (Å²) in [5.41, 5.74) is 0.536. The third-order valence-corrected chi connectivity index (χ3v) is 3.49. The summed E-state index contributed by atoms with van der Waals surface area (Å²) >= 11 is 11.6. The lowest BCUT2D eigenvalue weighted by molar-refractivity contribution is 0.140. The fraction of sp³-hybridized carbons (Fsp3) is 0.214. The lowest BCUT2D eigenvalue weighted by atomic mass is 10.2. The Morgan fingerprint density at radius 2 is 2.10 bits per heavy atom. The molecule has 0 saturated carbocycles. The molecule has 0 aliphatic heterocycles. The number of carbonyl (C=O) groups is 1. The number of urea groups is 1. The Morgan fingerprint density at radius 1 is 1.29 bits per heavy atom. The molecule has 5 nitrogen and oxygen atoms in total. The summed E-state index contributed by atoms with van der Waals surface area (Å²) < 4.78 is 5.07. The van der Waals surface area contributed by atoms with E-state index in [4.69, 9.17) is 27.6 Å². The molecule has 1 heterocycles. The van der Waals surface area contributed by atoms with Crippen molar-refractivity contribution >= 4 is 34.9 Å². The first-order valence-electron chi connectivity index (χ1n) is 6.27. The zero-order valence-corrected chi connectivity index (χ0v) is 12.5. The average molecular weight is 329 g/mol. The van der Waals surface area contributed by atoms with Crippen molar-refractivity contribution < 1.29 is 14.3 Å². The van der Waals surface area contributed by atoms with Crippen LogP contribution >= 0.6 is 23.2 Å². The molecule has 0 radical (unpaired) electrons. The first-order valence-corrected chi connectivity index (χ1v) is 7.03. The first kappa shape index (κ1) is 15.7. The van der Waals surface area contributed by atoms with Gasteiger partial charge in [-0.15, -0.1) is 0 Å². The predicted octanol–water partition coefficient (Wildman–Crippen LogP) is 3.83. The van der Waals surface area contributed by atoms with E-state index in [2.05, 4.69) is 10.6 Å². The standard InChI is InChI=1S/C14H14Cl2N2O3/c15-10-4-3-9(8-11(10)16)18-14(20)17-6-5-12(19)13-2-1-7-21-13/h1-4,7-8,12,19H,5-6H2,(H2,17,18,20)/t12-/m0/s1. The topological polar surface area (TPSA) is 74.5 Å². The predicted molar refractivity (Wildman–Crippen MR) is 81.8 cm³/mol. The van der Waals surface area contributed by atoms with Gasteiger partial charge in [-0.3, -0.25) is 0 Å². The fourth-order valence-electron chi connectivity index (χ4n) is 1.69. The van der Waals surface area contributed by atoms with Gasteiger partial charge >= 0.3 is 6.03 Å². The van der Waals surface area contributed by atoms with Crippen LogP contribution in [-0.4, -0.2) is 17.7 Å². The highest BCUT2D eigenvalue weighted by Crippen LogP contribution is 2.24. The van der Waals surface area contributed by atoms with E-state index >= 15 is 0 Å². The van der Waals surface area contributed by atoms with Gasteiger partial charge in [0, 0.05) is 12.2 Å². The van der Waals surface area contributed by atoms with Crippen molar-refractivity contribution in [2.75, 3.05) is 11.9 Å². The Labute approximate surface area is 131 Å². The molecule has 1 aromatic carbocycles. The number of aliphatic hydroxyl groups excluding tert-OH is 1. The van der Waals surface area contributed by atoms with Crippen molar-refractivity contribution in [3.8, 4) is 0 Å². The minimum Gasteiger partial charge on any atom is -0.467 e. The molecule has 1 aromatic heterocycles. The molecule has 0 aliphatic carbocycles. The normalized spacial score (nSPS) is 12.0. The smallest absolute Gasteiger partial charge is 0.319 e. The van der Waals surface area contributed by atoms with Crippen molar-refractivity contribution in [2.24, 2.45) is 0 Å². The maximum absolute atomic E-state index is 11.7. The molecule has 2 amide bonds. The second kappa shape index (κ2) is 7.36. The fourth-order valence-corrected chi connectivity index (χ4v) is 1.99. The number of furan rings is 1. The maximum Gasteiger partial charge on any atom is 0.319 e. The van der Waals surface area contributed by atoms with Crippen LogP contribution in [-0.2, 0) is 0 Å². The van der Waals surface area contributed by atoms with Crippen molar-refractivity contribution in [1.82, 2.24) is 5.32 Å². The SMILES string of the molecule is O=C(NCC[C@H](O)c1ccco1)Nc1ccc(Cl)c(Cl)c1. The number of rotatable bonds is 5. The summed E-state index contributed by atoms with van der Waals surface area (Å²) in [6, 6.07) is 7.79. The monoisotopic (exact) mass is 328 g/mol. The molecular weight excluding hydrogens is 315 g/mol. The zero-order valence-electron chi connectivity index (χ0n) is 11.0. The van der Waals surface area contributed by atoms with E-state index in [1.54, 1.807) is 30.3 Å². The molecule has 0 unspecified atom stereocenters. The Morgan fingerprint density at radius 3 is 2.76 bits per heavy atom. The number of anilines is 1. The van der Waals surface area contributed by atoms with Gasteiger partial charge in [0.2, 0.25) is 0 Å². The third-order valence-electron chi connectivity index (χ3n) is 2.75. The molecule has 0 bridgehead atoms. The molecular formula is C14H14Cl2N2O3. The van der Waals surface area contributed by atoms with Crippen LogP contribution in [0.3, 0.4) is 0 Å². The quantitative estimate of drug-likeness (QED) is 0.780. The van der Waals surface area contributed by atoms with Crippen LogP contribution in [0.1, 0.15) is 18.3 Å². The van der Waals surface area contributed by atoms with Gasteiger partial charge in [0.1, 0.15) is 11.9 Å². The summed E-state index contributed by atoms with van der Waals surface area (Å²) in [5, 5.41) is 15.8. The molecule has 2 aromatic rings. The van der Waals surface area contributed by atoms with Crippen molar-refractivity contribution in [3.63, 3.8) is 0 Å². The third kappa shape index (κ3) is 4.67. The number of hydrogen-bond acceptors (Lipinski definition) is 3. The summed E-state index contributed by atoms with van der Waals surface area (Å²) in [4.78, 5) is 11.7. The van der Waals surface area contributed by atoms with Crippen molar-refractivity contribution in [1.29, 1.82) is 0 Å². The molecule has 21 heavy (non-hydrogen) atoms. The van der Waals surface area contributed by atoms with Gasteiger partial charge in [-0.2, -0.15) is 0 Å². The average Bonchev–Trinajstić information content (AvgIpc) is 2.97. The highest BCUT2D eigenvalue weighted by atomic mass is 35.5. The lowest BCUT2D eigenvalue weighted by Gasteiger charge is -2.10. The minimum absolute atomic E-state index is 0.301. The molecule has 0 saturated heterocycles. The van der Waals surface area contributed by atoms with E-state index < -0.39 is 6.10 Å². The Kier molecular flexibility index (Phi) is 5.50. The molecule has 3 N–H and O–H groups in total. The van der Waals surface area contributed by atoms with Gasteiger partial charge < -0.3 is 20.2 Å². The highest BCUT2D eigenvalue weighted by Gasteiger charge is 2.10. The van der Waals surface area contributed by atoms with Crippen LogP contribution in [0.5, 0.6) is 0 Å². The summed E-state index contributed by atoms with van der Waals surface area (Å²) in [6.45, 7) is 0.301. The van der Waals surface area contributed by atoms with Crippen LogP contribution in [0.15, 0.2) is 41.0 Å². The van der Waals surface area contributed by atoms with Crippen LogP contribution in [0.2, 0.25) is 10.0 Å². The van der Waals surface area contributed by atoms with E-state index in [1.165, 1.54) is 6.26 Å². The van der Waals surface area contributed by atoms with Crippen LogP contribution in [0.4, 0.5) is 10.5 Å². The summed E-state index contributed by atoms with van der Waals surface area (Å²) in [6.07, 6.45) is 1.09. The second-order valence-electron chi connectivity index (χ2n) is 4.33. The van der Waals surface area contributed by atoms with Gasteiger partial charge in [-0.1, -0.05) is 23.2 Å². The number of hydrogen-bond donors (Lipinski definition) is 3. The van der Waals surface area contributed by atoms with E-state index in [0.29, 0.717) is 34.5 Å². The minimum atomic E-state index is -0.745. The van der Waals surface area contributed by atoms with Crippen LogP contribution in [0.25, 0.3) is 0 Å². The van der Waals surface area contributed by atoms with Gasteiger partial charge in [0.25, 0.3) is 0 Å². The van der Waals surface area contributed by atoms with Gasteiger partial charge in [0.15, 0.2) is 0 Å². The zero-order chi connectivity index (χ0) is 15.2. The number of benzene rings is 1. The summed E-state index contributed by atoms with van der Waals surface area (Å²) in [5.74, 6) is 0.474. The highest BCUT2D eigenvalue weighted by molar-refractivity contribution is 6.42. The maximum atomic E-state index is 11.7. The molecule has 1 atom stereocenters. The Hall–Kier alpha value is -1.69. The summed E-state index contributed by atoms with van der Waals surface area (Å²) in [7, 11) is 0. The van der Waals surface area contributed by atoms with Crippen molar-refractivity contribution in [3.05, 3.63) is 52.4 Å². The van der Waals surface area contributed by atoms with Gasteiger partial charge in [0.05, 0.1) is 16.3 Å². The van der Waals surface area contributed by atoms with Crippen LogP contribution in [0, 0.1) is 0 Å². The molecule has 0 aliphatic rings. The molecule has 0 spiro atoms. The van der Waals surface area contributed by atoms with E-state index in [0.717, 1.165) is 0 Å². The number of carbonyl (C=O) groups excluding carboxylic acids is 1. The number of nitrogens with one attached hydrogen (secondary N) is 2. The van der Waals surface area contributed by atoms with Gasteiger partial charge in [-0.25, -0.2) is 4.79 Å². The van der Waals surface area contributed by atoms with E-state index in [1.807, 2.05) is 0 Å². The molecule has 7 heteroatoms. The molecule has 0 fully saturated rings. The first-order chi connectivity index (χ1) is 10.1. The second-order valence-corrected chi connectivity index (χ2v) is 5.14. The number of amides is 2. The number of aliphatic hydroxyl groups is 1. The van der Waals surface area contributed by atoms with E-state index in [9.17, 15) is 9.90 Å². The van der Waals surface area contributed by atoms with Crippen LogP contribution < -0.4 is 10.6 Å². The molecule has 112 valence electrons. The Balaban J connectivity index is 1.76.